The fraction of sp³-hybridized carbons (Fsp3) is 0.588. The summed E-state index contributed by atoms with van der Waals surface area (Å²) in [6, 6.07) is 6.39. The SMILES string of the molecule is Cl.NCC1CCCC1NC(=O)c1ccccc1S(=O)(=O)N1CCOCC1. The van der Waals surface area contributed by atoms with Gasteiger partial charge in [-0.3, -0.25) is 4.79 Å². The Hall–Kier alpha value is -1.19. The van der Waals surface area contributed by atoms with Crippen LogP contribution in [0.2, 0.25) is 0 Å². The van der Waals surface area contributed by atoms with Crippen molar-refractivity contribution in [2.75, 3.05) is 32.8 Å². The van der Waals surface area contributed by atoms with Crippen LogP contribution in [0.5, 0.6) is 0 Å². The first kappa shape index (κ1) is 21.1. The Bertz CT molecular complexity index is 722. The van der Waals surface area contributed by atoms with Crippen LogP contribution in [0.25, 0.3) is 0 Å². The second-order valence-corrected chi connectivity index (χ2v) is 8.43. The smallest absolute Gasteiger partial charge is 0.252 e. The molecule has 9 heteroatoms. The zero-order valence-electron chi connectivity index (χ0n) is 14.6. The van der Waals surface area contributed by atoms with E-state index >= 15 is 0 Å². The number of nitrogens with zero attached hydrogens (tertiary/aromatic N) is 1. The molecule has 0 radical (unpaired) electrons. The van der Waals surface area contributed by atoms with E-state index in [0.717, 1.165) is 19.3 Å². The highest BCUT2D eigenvalue weighted by atomic mass is 35.5. The first-order valence-corrected chi connectivity index (χ1v) is 10.2. The minimum absolute atomic E-state index is 0. The van der Waals surface area contributed by atoms with E-state index in [0.29, 0.717) is 32.8 Å². The average molecular weight is 404 g/mol. The quantitative estimate of drug-likeness (QED) is 0.763. The van der Waals surface area contributed by atoms with E-state index in [1.807, 2.05) is 0 Å². The topological polar surface area (TPSA) is 102 Å². The number of carbonyl (C=O) groups is 1. The third-order valence-corrected chi connectivity index (χ3v) is 6.95. The van der Waals surface area contributed by atoms with Crippen molar-refractivity contribution < 1.29 is 17.9 Å². The van der Waals surface area contributed by atoms with Gasteiger partial charge in [-0.2, -0.15) is 4.31 Å². The number of morpholine rings is 1. The third kappa shape index (κ3) is 4.37. The summed E-state index contributed by atoms with van der Waals surface area (Å²) in [5.41, 5.74) is 5.96. The van der Waals surface area contributed by atoms with Gasteiger partial charge in [0.15, 0.2) is 0 Å². The van der Waals surface area contributed by atoms with Crippen molar-refractivity contribution in [3.05, 3.63) is 29.8 Å². The molecular formula is C17H26ClN3O4S. The van der Waals surface area contributed by atoms with Crippen molar-refractivity contribution >= 4 is 28.3 Å². The van der Waals surface area contributed by atoms with Crippen molar-refractivity contribution in [3.8, 4) is 0 Å². The molecule has 1 aliphatic carbocycles. The standard InChI is InChI=1S/C17H25N3O4S.ClH/c18-12-13-4-3-6-15(13)19-17(21)14-5-1-2-7-16(14)25(22,23)20-8-10-24-11-9-20;/h1-2,5,7,13,15H,3-4,6,8-12,18H2,(H,19,21);1H. The lowest BCUT2D eigenvalue weighted by Crippen LogP contribution is -2.43. The summed E-state index contributed by atoms with van der Waals surface area (Å²) in [6.45, 7) is 1.87. The normalized spacial score (nSPS) is 24.0. The number of nitrogens with one attached hydrogen (secondary N) is 1. The highest BCUT2D eigenvalue weighted by molar-refractivity contribution is 7.89. The number of rotatable bonds is 5. The van der Waals surface area contributed by atoms with Gasteiger partial charge >= 0.3 is 0 Å². The Morgan fingerprint density at radius 1 is 1.23 bits per heavy atom. The Morgan fingerprint density at radius 3 is 2.62 bits per heavy atom. The van der Waals surface area contributed by atoms with Gasteiger partial charge in [0.25, 0.3) is 5.91 Å². The number of ether oxygens (including phenoxy) is 1. The molecule has 0 spiro atoms. The van der Waals surface area contributed by atoms with E-state index in [-0.39, 0.29) is 40.7 Å². The number of nitrogens with two attached hydrogens (primary N) is 1. The van der Waals surface area contributed by atoms with Gasteiger partial charge in [0, 0.05) is 19.1 Å². The largest absolute Gasteiger partial charge is 0.379 e. The minimum Gasteiger partial charge on any atom is -0.379 e. The molecule has 1 aromatic rings. The van der Waals surface area contributed by atoms with Crippen LogP contribution in [-0.4, -0.2) is 57.5 Å². The molecule has 0 aromatic heterocycles. The summed E-state index contributed by atoms with van der Waals surface area (Å²) in [5.74, 6) is -0.0928. The summed E-state index contributed by atoms with van der Waals surface area (Å²) in [6.07, 6.45) is 2.90. The van der Waals surface area contributed by atoms with Crippen LogP contribution in [0.15, 0.2) is 29.2 Å². The molecule has 2 atom stereocenters. The number of halogens is 1. The van der Waals surface area contributed by atoms with E-state index < -0.39 is 10.0 Å². The van der Waals surface area contributed by atoms with Crippen LogP contribution in [0.3, 0.4) is 0 Å². The maximum Gasteiger partial charge on any atom is 0.252 e. The number of hydrogen-bond donors (Lipinski definition) is 2. The lowest BCUT2D eigenvalue weighted by Gasteiger charge is -2.27. The number of sulfonamides is 1. The highest BCUT2D eigenvalue weighted by Gasteiger charge is 2.32. The minimum atomic E-state index is -3.72. The summed E-state index contributed by atoms with van der Waals surface area (Å²) in [4.78, 5) is 12.8. The van der Waals surface area contributed by atoms with Crippen LogP contribution >= 0.6 is 12.4 Å². The van der Waals surface area contributed by atoms with Gasteiger partial charge in [-0.1, -0.05) is 18.6 Å². The van der Waals surface area contributed by atoms with E-state index in [1.165, 1.54) is 10.4 Å². The lowest BCUT2D eigenvalue weighted by atomic mass is 10.0. The summed E-state index contributed by atoms with van der Waals surface area (Å²) in [7, 11) is -3.72. The maximum absolute atomic E-state index is 12.9. The number of carbonyl (C=O) groups excluding carboxylic acids is 1. The second kappa shape index (κ2) is 9.14. The van der Waals surface area contributed by atoms with Gasteiger partial charge in [-0.15, -0.1) is 12.4 Å². The summed E-state index contributed by atoms with van der Waals surface area (Å²) >= 11 is 0. The average Bonchev–Trinajstić information content (AvgIpc) is 3.09. The third-order valence-electron chi connectivity index (χ3n) is 5.00. The van der Waals surface area contributed by atoms with E-state index in [1.54, 1.807) is 18.2 Å². The van der Waals surface area contributed by atoms with E-state index in [2.05, 4.69) is 5.32 Å². The first-order valence-electron chi connectivity index (χ1n) is 8.72. The summed E-state index contributed by atoms with van der Waals surface area (Å²) < 4.78 is 32.5. The molecule has 1 saturated carbocycles. The highest BCUT2D eigenvalue weighted by Crippen LogP contribution is 2.26. The second-order valence-electron chi connectivity index (χ2n) is 6.52. The zero-order chi connectivity index (χ0) is 17.9. The van der Waals surface area contributed by atoms with Gasteiger partial charge in [-0.05, 0) is 37.4 Å². The van der Waals surface area contributed by atoms with Crippen molar-refractivity contribution in [2.45, 2.75) is 30.2 Å². The first-order chi connectivity index (χ1) is 12.0. The fourth-order valence-corrected chi connectivity index (χ4v) is 5.16. The van der Waals surface area contributed by atoms with Gasteiger partial charge in [0.2, 0.25) is 10.0 Å². The molecule has 26 heavy (non-hydrogen) atoms. The van der Waals surface area contributed by atoms with Crippen LogP contribution in [0, 0.1) is 5.92 Å². The molecular weight excluding hydrogens is 378 g/mol. The predicted molar refractivity (Wildman–Crippen MR) is 101 cm³/mol. The zero-order valence-corrected chi connectivity index (χ0v) is 16.2. The molecule has 1 amide bonds. The molecule has 3 rings (SSSR count). The number of hydrogen-bond acceptors (Lipinski definition) is 5. The molecule has 7 nitrogen and oxygen atoms in total. The molecule has 1 aliphatic heterocycles. The molecule has 0 bridgehead atoms. The van der Waals surface area contributed by atoms with Crippen molar-refractivity contribution in [1.82, 2.24) is 9.62 Å². The molecule has 1 aromatic carbocycles. The van der Waals surface area contributed by atoms with Gasteiger partial charge < -0.3 is 15.8 Å². The number of amides is 1. The maximum atomic E-state index is 12.9. The van der Waals surface area contributed by atoms with Crippen LogP contribution in [-0.2, 0) is 14.8 Å². The van der Waals surface area contributed by atoms with Crippen molar-refractivity contribution in [2.24, 2.45) is 11.7 Å². The molecule has 3 N–H and O–H groups in total. The van der Waals surface area contributed by atoms with E-state index in [4.69, 9.17) is 10.5 Å². The van der Waals surface area contributed by atoms with E-state index in [9.17, 15) is 13.2 Å². The Kier molecular flexibility index (Phi) is 7.42. The Morgan fingerprint density at radius 2 is 1.92 bits per heavy atom. The van der Waals surface area contributed by atoms with Gasteiger partial charge in [-0.25, -0.2) is 8.42 Å². The van der Waals surface area contributed by atoms with Crippen molar-refractivity contribution in [3.63, 3.8) is 0 Å². The molecule has 2 unspecified atom stereocenters. The Labute approximate surface area is 160 Å². The molecule has 2 fully saturated rings. The van der Waals surface area contributed by atoms with Gasteiger partial charge in [0.05, 0.1) is 23.7 Å². The predicted octanol–water partition coefficient (Wildman–Crippen LogP) is 0.986. The van der Waals surface area contributed by atoms with Crippen LogP contribution < -0.4 is 11.1 Å². The van der Waals surface area contributed by atoms with Gasteiger partial charge in [0.1, 0.15) is 0 Å². The summed E-state index contributed by atoms with van der Waals surface area (Å²) in [5, 5.41) is 2.98. The monoisotopic (exact) mass is 403 g/mol. The Balaban J connectivity index is 0.00000243. The fourth-order valence-electron chi connectivity index (χ4n) is 3.56. The lowest BCUT2D eigenvalue weighted by molar-refractivity contribution is 0.0729. The number of benzene rings is 1. The van der Waals surface area contributed by atoms with Crippen LogP contribution in [0.4, 0.5) is 0 Å². The molecule has 2 aliphatic rings. The molecule has 146 valence electrons. The van der Waals surface area contributed by atoms with Crippen molar-refractivity contribution in [1.29, 1.82) is 0 Å². The molecule has 1 heterocycles. The molecule has 1 saturated heterocycles. The van der Waals surface area contributed by atoms with Crippen LogP contribution in [0.1, 0.15) is 29.6 Å².